The molecule has 2 N–H and O–H groups in total. The second-order valence-corrected chi connectivity index (χ2v) is 9.51. The van der Waals surface area contributed by atoms with Gasteiger partial charge in [-0.25, -0.2) is 14.8 Å². The van der Waals surface area contributed by atoms with Crippen LogP contribution in [0.3, 0.4) is 0 Å². The van der Waals surface area contributed by atoms with Crippen LogP contribution in [0.4, 0.5) is 4.79 Å². The zero-order chi connectivity index (χ0) is 22.2. The number of rotatable bonds is 5. The Morgan fingerprint density at radius 3 is 2.91 bits per heavy atom. The summed E-state index contributed by atoms with van der Waals surface area (Å²) in [7, 11) is 0. The first-order valence-electron chi connectivity index (χ1n) is 10.4. The number of benzene rings is 1. The van der Waals surface area contributed by atoms with E-state index in [0.29, 0.717) is 11.6 Å². The minimum Gasteiger partial charge on any atom is -0.375 e. The van der Waals surface area contributed by atoms with Crippen LogP contribution >= 0.6 is 22.9 Å². The average Bonchev–Trinajstić information content (AvgIpc) is 3.34. The molecule has 4 heterocycles. The van der Waals surface area contributed by atoms with E-state index >= 15 is 0 Å². The van der Waals surface area contributed by atoms with E-state index in [0.717, 1.165) is 57.0 Å². The van der Waals surface area contributed by atoms with Crippen molar-refractivity contribution in [1.29, 1.82) is 0 Å². The molecule has 1 aromatic carbocycles. The highest BCUT2D eigenvalue weighted by atomic mass is 35.5. The lowest BCUT2D eigenvalue weighted by atomic mass is 9.94. The number of nitrogens with zero attached hydrogens (tertiary/aromatic N) is 3. The molecule has 166 valence electrons. The Hall–Kier alpha value is -2.59. The molecule has 2 saturated heterocycles. The zero-order valence-electron chi connectivity index (χ0n) is 17.5. The number of halogens is 1. The number of aryl methyl sites for hydroxylation is 1. The van der Waals surface area contributed by atoms with E-state index in [4.69, 9.17) is 16.3 Å². The molecule has 32 heavy (non-hydrogen) atoms. The third kappa shape index (κ3) is 4.09. The Balaban J connectivity index is 1.55. The first kappa shape index (κ1) is 21.3. The summed E-state index contributed by atoms with van der Waals surface area (Å²) in [4.78, 5) is 35.1. The molecule has 3 amide bonds. The van der Waals surface area contributed by atoms with E-state index < -0.39 is 0 Å². The molecule has 5 rings (SSSR count). The van der Waals surface area contributed by atoms with Gasteiger partial charge >= 0.3 is 6.03 Å². The number of fused-ring (bicyclic) bond motifs is 1. The molecule has 1 atom stereocenters. The molecule has 1 unspecified atom stereocenters. The lowest BCUT2D eigenvalue weighted by Gasteiger charge is -2.25. The maximum Gasteiger partial charge on any atom is 0.324 e. The fraction of sp³-hybridized carbons (Fsp3) is 0.364. The third-order valence-electron chi connectivity index (χ3n) is 5.74. The van der Waals surface area contributed by atoms with Crippen LogP contribution in [-0.4, -0.2) is 59.2 Å². The lowest BCUT2D eigenvalue weighted by Crippen LogP contribution is -2.39. The van der Waals surface area contributed by atoms with Gasteiger partial charge in [0, 0.05) is 35.0 Å². The Labute approximate surface area is 193 Å². The van der Waals surface area contributed by atoms with Gasteiger partial charge in [0.2, 0.25) is 5.91 Å². The maximum atomic E-state index is 12.0. The van der Waals surface area contributed by atoms with Gasteiger partial charge < -0.3 is 15.4 Å². The van der Waals surface area contributed by atoms with Gasteiger partial charge in [0.05, 0.1) is 41.7 Å². The SMILES string of the molecule is Cc1cc(Cl)cc(-c2ncnc3cc(CN4C(=O)CNC4=O)sc23)c1CC1CNCCO1. The molecule has 2 aliphatic heterocycles. The van der Waals surface area contributed by atoms with Crippen molar-refractivity contribution < 1.29 is 14.3 Å². The Bertz CT molecular complexity index is 1190. The van der Waals surface area contributed by atoms with Gasteiger partial charge in [0.15, 0.2) is 0 Å². The number of morpholine rings is 1. The van der Waals surface area contributed by atoms with Gasteiger partial charge in [-0.05, 0) is 36.2 Å². The van der Waals surface area contributed by atoms with Gasteiger partial charge in [-0.3, -0.25) is 9.69 Å². The number of carbonyl (C=O) groups excluding carboxylic acids is 2. The summed E-state index contributed by atoms with van der Waals surface area (Å²) in [6.07, 6.45) is 2.37. The number of hydrogen-bond acceptors (Lipinski definition) is 7. The largest absolute Gasteiger partial charge is 0.375 e. The van der Waals surface area contributed by atoms with Crippen LogP contribution in [0, 0.1) is 6.92 Å². The molecule has 0 aliphatic carbocycles. The number of amides is 3. The second kappa shape index (κ2) is 8.74. The van der Waals surface area contributed by atoms with Crippen molar-refractivity contribution in [3.63, 3.8) is 0 Å². The summed E-state index contributed by atoms with van der Waals surface area (Å²) >= 11 is 7.94. The highest BCUT2D eigenvalue weighted by Gasteiger charge is 2.29. The van der Waals surface area contributed by atoms with Gasteiger partial charge in [0.1, 0.15) is 6.33 Å². The van der Waals surface area contributed by atoms with E-state index in [2.05, 4.69) is 27.5 Å². The number of imide groups is 1. The van der Waals surface area contributed by atoms with E-state index in [1.807, 2.05) is 18.2 Å². The third-order valence-corrected chi connectivity index (χ3v) is 7.08. The molecule has 0 spiro atoms. The average molecular weight is 472 g/mol. The van der Waals surface area contributed by atoms with Crippen LogP contribution in [0.5, 0.6) is 0 Å². The Kier molecular flexibility index (Phi) is 5.81. The lowest BCUT2D eigenvalue weighted by molar-refractivity contribution is -0.125. The maximum absolute atomic E-state index is 12.0. The molecule has 0 saturated carbocycles. The van der Waals surface area contributed by atoms with Crippen molar-refractivity contribution in [2.75, 3.05) is 26.2 Å². The second-order valence-electron chi connectivity index (χ2n) is 7.94. The molecule has 3 aromatic rings. The topological polar surface area (TPSA) is 96.5 Å². The molecular formula is C22H22ClN5O3S. The number of hydrogen-bond donors (Lipinski definition) is 2. The molecule has 2 aliphatic rings. The van der Waals surface area contributed by atoms with Crippen LogP contribution in [0.25, 0.3) is 21.5 Å². The minimum absolute atomic E-state index is 0.0397. The van der Waals surface area contributed by atoms with Gasteiger partial charge in [-0.15, -0.1) is 11.3 Å². The molecule has 0 bridgehead atoms. The van der Waals surface area contributed by atoms with Gasteiger partial charge in [0.25, 0.3) is 0 Å². The molecule has 8 nitrogen and oxygen atoms in total. The highest BCUT2D eigenvalue weighted by molar-refractivity contribution is 7.19. The molecule has 10 heteroatoms. The first-order valence-corrected chi connectivity index (χ1v) is 11.6. The van der Waals surface area contributed by atoms with E-state index in [1.54, 1.807) is 6.33 Å². The first-order chi connectivity index (χ1) is 15.5. The number of thiophene rings is 1. The van der Waals surface area contributed by atoms with Crippen molar-refractivity contribution in [3.8, 4) is 11.3 Å². The summed E-state index contributed by atoms with van der Waals surface area (Å²) in [5, 5.41) is 6.58. The zero-order valence-corrected chi connectivity index (χ0v) is 19.1. The number of ether oxygens (including phenoxy) is 1. The minimum atomic E-state index is -0.368. The van der Waals surface area contributed by atoms with Crippen molar-refractivity contribution in [1.82, 2.24) is 25.5 Å². The number of aromatic nitrogens is 2. The smallest absolute Gasteiger partial charge is 0.324 e. The summed E-state index contributed by atoms with van der Waals surface area (Å²) < 4.78 is 6.85. The Morgan fingerprint density at radius 2 is 2.16 bits per heavy atom. The summed E-state index contributed by atoms with van der Waals surface area (Å²) in [5.41, 5.74) is 4.77. The highest BCUT2D eigenvalue weighted by Crippen LogP contribution is 2.37. The van der Waals surface area contributed by atoms with E-state index in [-0.39, 0.29) is 31.1 Å². The van der Waals surface area contributed by atoms with Crippen LogP contribution in [-0.2, 0) is 22.5 Å². The van der Waals surface area contributed by atoms with Crippen LogP contribution < -0.4 is 10.6 Å². The van der Waals surface area contributed by atoms with Crippen molar-refractivity contribution in [2.45, 2.75) is 26.0 Å². The van der Waals surface area contributed by atoms with Crippen LogP contribution in [0.15, 0.2) is 24.5 Å². The molecular weight excluding hydrogens is 450 g/mol. The molecule has 2 aromatic heterocycles. The quantitative estimate of drug-likeness (QED) is 0.555. The fourth-order valence-corrected chi connectivity index (χ4v) is 5.55. The summed E-state index contributed by atoms with van der Waals surface area (Å²) in [5.74, 6) is -0.229. The predicted octanol–water partition coefficient (Wildman–Crippen LogP) is 2.90. The summed E-state index contributed by atoms with van der Waals surface area (Å²) in [6, 6.07) is 5.45. The van der Waals surface area contributed by atoms with Crippen molar-refractivity contribution >= 4 is 45.1 Å². The normalized spacial score (nSPS) is 19.1. The predicted molar refractivity (Wildman–Crippen MR) is 123 cm³/mol. The van der Waals surface area contributed by atoms with E-state index in [9.17, 15) is 9.59 Å². The number of nitrogens with one attached hydrogen (secondary N) is 2. The van der Waals surface area contributed by atoms with Gasteiger partial charge in [-0.2, -0.15) is 0 Å². The standard InChI is InChI=1S/C22H22ClN5O3S/c1-12-4-13(23)5-17(16(12)6-14-8-24-2-3-31-14)20-21-18(26-11-27-20)7-15(32-21)10-28-19(29)9-25-22(28)30/h4-5,7,11,14,24H,2-3,6,8-10H2,1H3,(H,25,30). The Morgan fingerprint density at radius 1 is 1.28 bits per heavy atom. The monoisotopic (exact) mass is 471 g/mol. The van der Waals surface area contributed by atoms with Crippen LogP contribution in [0.2, 0.25) is 5.02 Å². The molecule has 0 radical (unpaired) electrons. The van der Waals surface area contributed by atoms with Gasteiger partial charge in [-0.1, -0.05) is 11.6 Å². The van der Waals surface area contributed by atoms with Crippen LogP contribution in [0.1, 0.15) is 16.0 Å². The number of carbonyl (C=O) groups is 2. The van der Waals surface area contributed by atoms with Crippen molar-refractivity contribution in [3.05, 3.63) is 45.6 Å². The van der Waals surface area contributed by atoms with Crippen molar-refractivity contribution in [2.24, 2.45) is 0 Å². The van der Waals surface area contributed by atoms with E-state index in [1.165, 1.54) is 16.2 Å². The number of urea groups is 1. The molecule has 2 fully saturated rings. The summed E-state index contributed by atoms with van der Waals surface area (Å²) in [6.45, 7) is 4.67. The fourth-order valence-electron chi connectivity index (χ4n) is 4.18.